The molecule has 0 saturated carbocycles. The fraction of sp³-hybridized carbons (Fsp3) is 0.526. The molecule has 0 saturated heterocycles. The summed E-state index contributed by atoms with van der Waals surface area (Å²) >= 11 is 1.84. The molecule has 0 aliphatic carbocycles. The third-order valence-electron chi connectivity index (χ3n) is 3.82. The molecule has 0 bridgehead atoms. The van der Waals surface area contributed by atoms with Gasteiger partial charge in [-0.3, -0.25) is 4.99 Å². The first-order chi connectivity index (χ1) is 12.2. The highest BCUT2D eigenvalue weighted by atomic mass is 127. The normalized spacial score (nSPS) is 15.5. The average Bonchev–Trinajstić information content (AvgIpc) is 2.96. The van der Waals surface area contributed by atoms with E-state index in [1.54, 1.807) is 7.05 Å². The van der Waals surface area contributed by atoms with Gasteiger partial charge in [-0.1, -0.05) is 6.08 Å². The van der Waals surface area contributed by atoms with E-state index in [-0.39, 0.29) is 30.1 Å². The zero-order valence-electron chi connectivity index (χ0n) is 15.8. The smallest absolute Gasteiger partial charge is 0.191 e. The molecule has 1 atom stereocenters. The van der Waals surface area contributed by atoms with E-state index in [1.807, 2.05) is 24.8 Å². The molecule has 0 amide bonds. The summed E-state index contributed by atoms with van der Waals surface area (Å²) in [5.41, 5.74) is 2.31. The number of ether oxygens (including phenoxy) is 2. The van der Waals surface area contributed by atoms with Crippen molar-refractivity contribution >= 4 is 41.7 Å². The molecule has 1 aromatic rings. The number of nitrogens with zero attached hydrogens (tertiary/aromatic N) is 1. The van der Waals surface area contributed by atoms with Crippen LogP contribution in [0.5, 0.6) is 11.5 Å². The molecule has 0 fully saturated rings. The van der Waals surface area contributed by atoms with Gasteiger partial charge in [-0.15, -0.1) is 30.6 Å². The molecule has 1 aromatic carbocycles. The van der Waals surface area contributed by atoms with Gasteiger partial charge in [-0.2, -0.15) is 11.8 Å². The molecule has 26 heavy (non-hydrogen) atoms. The highest BCUT2D eigenvalue weighted by molar-refractivity contribution is 14.0. The van der Waals surface area contributed by atoms with Crippen LogP contribution in [0.25, 0.3) is 0 Å². The molecule has 1 aliphatic heterocycles. The van der Waals surface area contributed by atoms with Gasteiger partial charge in [0.15, 0.2) is 5.96 Å². The van der Waals surface area contributed by atoms with Crippen molar-refractivity contribution in [2.24, 2.45) is 4.99 Å². The molecule has 2 N–H and O–H groups in total. The molecule has 0 radical (unpaired) electrons. The summed E-state index contributed by atoms with van der Waals surface area (Å²) < 4.78 is 11.7. The minimum atomic E-state index is 0. The van der Waals surface area contributed by atoms with Crippen LogP contribution in [-0.2, 0) is 13.0 Å². The summed E-state index contributed by atoms with van der Waals surface area (Å²) in [6.45, 7) is 9.97. The molecule has 2 rings (SSSR count). The van der Waals surface area contributed by atoms with Crippen LogP contribution in [0.1, 0.15) is 25.0 Å². The Morgan fingerprint density at radius 2 is 2.27 bits per heavy atom. The lowest BCUT2D eigenvalue weighted by Crippen LogP contribution is -2.38. The second-order valence-electron chi connectivity index (χ2n) is 5.85. The van der Waals surface area contributed by atoms with E-state index >= 15 is 0 Å². The number of rotatable bonds is 9. The minimum Gasteiger partial charge on any atom is -0.494 e. The maximum absolute atomic E-state index is 5.88. The molecule has 1 heterocycles. The maximum Gasteiger partial charge on any atom is 0.191 e. The fourth-order valence-electron chi connectivity index (χ4n) is 2.72. The fourth-order valence-corrected chi connectivity index (χ4v) is 3.30. The molecule has 0 spiro atoms. The van der Waals surface area contributed by atoms with Crippen molar-refractivity contribution in [2.45, 2.75) is 32.9 Å². The van der Waals surface area contributed by atoms with E-state index in [1.165, 1.54) is 5.56 Å². The van der Waals surface area contributed by atoms with E-state index < -0.39 is 0 Å². The van der Waals surface area contributed by atoms with E-state index in [4.69, 9.17) is 9.47 Å². The Morgan fingerprint density at radius 1 is 1.46 bits per heavy atom. The van der Waals surface area contributed by atoms with E-state index in [9.17, 15) is 0 Å². The number of halogens is 1. The van der Waals surface area contributed by atoms with Crippen molar-refractivity contribution in [2.75, 3.05) is 31.7 Å². The van der Waals surface area contributed by atoms with Gasteiger partial charge in [0.05, 0.1) is 6.61 Å². The van der Waals surface area contributed by atoms with Crippen LogP contribution >= 0.6 is 35.7 Å². The number of guanidine groups is 1. The number of hydrogen-bond acceptors (Lipinski definition) is 4. The lowest BCUT2D eigenvalue weighted by molar-refractivity contribution is 0.254. The molecule has 0 aromatic heterocycles. The van der Waals surface area contributed by atoms with Crippen LogP contribution in [0.15, 0.2) is 29.8 Å². The highest BCUT2D eigenvalue weighted by Crippen LogP contribution is 2.35. The van der Waals surface area contributed by atoms with Crippen LogP contribution in [0.4, 0.5) is 0 Å². The Kier molecular flexibility index (Phi) is 10.9. The standard InChI is InChI=1S/C19H29N3O2S.HI/c1-5-8-25-9-7-21-19(20-4)22-13-16-12-18-15(10-14(3)24-18)11-17(16)23-6-2;/h5,11-12,14H,1,6-10,13H2,2-4H3,(H2,20,21,22);1H. The van der Waals surface area contributed by atoms with Gasteiger partial charge in [0.2, 0.25) is 0 Å². The predicted molar refractivity (Wildman–Crippen MR) is 123 cm³/mol. The van der Waals surface area contributed by atoms with Gasteiger partial charge in [0, 0.05) is 49.2 Å². The van der Waals surface area contributed by atoms with Crippen molar-refractivity contribution in [3.8, 4) is 11.5 Å². The molecular formula is C19H30IN3O2S. The zero-order valence-corrected chi connectivity index (χ0v) is 19.0. The first-order valence-electron chi connectivity index (χ1n) is 8.76. The van der Waals surface area contributed by atoms with E-state index in [2.05, 4.69) is 41.3 Å². The third-order valence-corrected chi connectivity index (χ3v) is 4.79. The summed E-state index contributed by atoms with van der Waals surface area (Å²) in [7, 11) is 1.78. The third kappa shape index (κ3) is 6.90. The van der Waals surface area contributed by atoms with Crippen molar-refractivity contribution in [1.29, 1.82) is 0 Å². The lowest BCUT2D eigenvalue weighted by atomic mass is 10.1. The summed E-state index contributed by atoms with van der Waals surface area (Å²) in [5.74, 6) is 4.66. The van der Waals surface area contributed by atoms with Gasteiger partial charge >= 0.3 is 0 Å². The molecular weight excluding hydrogens is 461 g/mol. The Hall–Kier alpha value is -1.09. The van der Waals surface area contributed by atoms with Crippen molar-refractivity contribution < 1.29 is 9.47 Å². The Morgan fingerprint density at radius 3 is 2.96 bits per heavy atom. The van der Waals surface area contributed by atoms with Gasteiger partial charge in [-0.25, -0.2) is 0 Å². The first-order valence-corrected chi connectivity index (χ1v) is 9.91. The number of hydrogen-bond donors (Lipinski definition) is 2. The quantitative estimate of drug-likeness (QED) is 0.182. The summed E-state index contributed by atoms with van der Waals surface area (Å²) in [6, 6.07) is 4.20. The van der Waals surface area contributed by atoms with Gasteiger partial charge in [0.25, 0.3) is 0 Å². The van der Waals surface area contributed by atoms with Gasteiger partial charge in [0.1, 0.15) is 17.6 Å². The van der Waals surface area contributed by atoms with E-state index in [0.717, 1.165) is 47.5 Å². The lowest BCUT2D eigenvalue weighted by Gasteiger charge is -2.15. The number of benzene rings is 1. The molecule has 7 heteroatoms. The van der Waals surface area contributed by atoms with Crippen LogP contribution in [0.2, 0.25) is 0 Å². The Bertz CT molecular complexity index is 611. The first kappa shape index (κ1) is 23.0. The van der Waals surface area contributed by atoms with Gasteiger partial charge in [-0.05, 0) is 26.0 Å². The zero-order chi connectivity index (χ0) is 18.1. The number of fused-ring (bicyclic) bond motifs is 1. The van der Waals surface area contributed by atoms with Crippen LogP contribution in [0, 0.1) is 0 Å². The minimum absolute atomic E-state index is 0. The summed E-state index contributed by atoms with van der Waals surface area (Å²) in [4.78, 5) is 4.27. The summed E-state index contributed by atoms with van der Waals surface area (Å²) in [5, 5.41) is 6.67. The second kappa shape index (κ2) is 12.3. The molecule has 146 valence electrons. The van der Waals surface area contributed by atoms with Crippen molar-refractivity contribution in [3.05, 3.63) is 35.9 Å². The molecule has 1 aliphatic rings. The largest absolute Gasteiger partial charge is 0.494 e. The van der Waals surface area contributed by atoms with E-state index in [0.29, 0.717) is 13.2 Å². The topological polar surface area (TPSA) is 54.9 Å². The average molecular weight is 491 g/mol. The van der Waals surface area contributed by atoms with Crippen LogP contribution in [0.3, 0.4) is 0 Å². The Balaban J connectivity index is 0.00000338. The second-order valence-corrected chi connectivity index (χ2v) is 7.00. The summed E-state index contributed by atoms with van der Waals surface area (Å²) in [6.07, 6.45) is 3.09. The Labute approximate surface area is 178 Å². The van der Waals surface area contributed by atoms with Crippen molar-refractivity contribution in [1.82, 2.24) is 10.6 Å². The van der Waals surface area contributed by atoms with Crippen LogP contribution < -0.4 is 20.1 Å². The number of nitrogens with one attached hydrogen (secondary N) is 2. The predicted octanol–water partition coefficient (Wildman–Crippen LogP) is 3.61. The number of thioether (sulfide) groups is 1. The van der Waals surface area contributed by atoms with Crippen LogP contribution in [-0.4, -0.2) is 43.8 Å². The molecule has 1 unspecified atom stereocenters. The van der Waals surface area contributed by atoms with Crippen molar-refractivity contribution in [3.63, 3.8) is 0 Å². The monoisotopic (exact) mass is 491 g/mol. The SMILES string of the molecule is C=CCSCCNC(=NC)NCc1cc2c(cc1OCC)CC(C)O2.I. The number of aliphatic imine (C=N–C) groups is 1. The van der Waals surface area contributed by atoms with Gasteiger partial charge < -0.3 is 20.1 Å². The maximum atomic E-state index is 5.88. The highest BCUT2D eigenvalue weighted by Gasteiger charge is 2.21. The molecule has 5 nitrogen and oxygen atoms in total.